The van der Waals surface area contributed by atoms with Crippen LogP contribution in [0.4, 0.5) is 5.82 Å². The molecule has 21 heavy (non-hydrogen) atoms. The van der Waals surface area contributed by atoms with Gasteiger partial charge < -0.3 is 20.2 Å². The first-order valence-electron chi connectivity index (χ1n) is 6.14. The third-order valence-corrected chi connectivity index (χ3v) is 2.82. The summed E-state index contributed by atoms with van der Waals surface area (Å²) in [5.41, 5.74) is 0.422. The molecule has 0 aliphatic rings. The Morgan fingerprint density at radius 3 is 2.81 bits per heavy atom. The molecule has 0 saturated carbocycles. The number of aryl methyl sites for hydroxylation is 1. The number of esters is 1. The van der Waals surface area contributed by atoms with Crippen molar-refractivity contribution in [3.8, 4) is 0 Å². The predicted molar refractivity (Wildman–Crippen MR) is 76.0 cm³/mol. The number of rotatable bonds is 7. The van der Waals surface area contributed by atoms with Crippen molar-refractivity contribution in [2.75, 3.05) is 12.4 Å². The summed E-state index contributed by atoms with van der Waals surface area (Å²) in [6, 6.07) is 0.353. The molecule has 116 valence electrons. The number of nitro groups is 1. The van der Waals surface area contributed by atoms with Gasteiger partial charge in [0, 0.05) is 5.75 Å². The van der Waals surface area contributed by atoms with Crippen LogP contribution in [0.5, 0.6) is 0 Å². The molecule has 1 heterocycles. The van der Waals surface area contributed by atoms with Crippen LogP contribution in [0.15, 0.2) is 6.07 Å². The minimum atomic E-state index is -0.906. The van der Waals surface area contributed by atoms with Crippen LogP contribution in [0, 0.1) is 17.0 Å². The van der Waals surface area contributed by atoms with Crippen LogP contribution in [-0.2, 0) is 20.9 Å². The van der Waals surface area contributed by atoms with E-state index in [2.05, 4.69) is 23.0 Å². The molecule has 0 fully saturated rings. The van der Waals surface area contributed by atoms with Gasteiger partial charge >= 0.3 is 11.8 Å². The van der Waals surface area contributed by atoms with Gasteiger partial charge in [-0.15, -0.1) is 4.68 Å². The van der Waals surface area contributed by atoms with Gasteiger partial charge in [0.05, 0.1) is 18.4 Å². The van der Waals surface area contributed by atoms with Gasteiger partial charge in [-0.25, -0.2) is 4.79 Å². The lowest BCUT2D eigenvalue weighted by Crippen LogP contribution is -2.44. The van der Waals surface area contributed by atoms with Crippen molar-refractivity contribution in [2.24, 2.45) is 0 Å². The first-order valence-corrected chi connectivity index (χ1v) is 6.78. The van der Waals surface area contributed by atoms with E-state index in [1.807, 2.05) is 0 Å². The Kier molecular flexibility index (Phi) is 6.15. The standard InChI is InChI=1S/C11H16N4O5S/c1-3-20-11(17)8(6-21)12-9(16)5-14-10(15(18)19)4-7(2)13-14/h4,8,21H,3,5-6H2,1-2H3,(H,12,16)/t8-/m0/s1. The van der Waals surface area contributed by atoms with Crippen molar-refractivity contribution in [1.29, 1.82) is 0 Å². The van der Waals surface area contributed by atoms with Gasteiger partial charge in [-0.05, 0) is 18.8 Å². The number of nitrogens with one attached hydrogen (secondary N) is 1. The molecule has 0 spiro atoms. The number of amides is 1. The average Bonchev–Trinajstić information content (AvgIpc) is 2.77. The Morgan fingerprint density at radius 2 is 2.29 bits per heavy atom. The molecule has 9 nitrogen and oxygen atoms in total. The summed E-state index contributed by atoms with van der Waals surface area (Å²) in [6.45, 7) is 3.04. The third kappa shape index (κ3) is 4.74. The minimum Gasteiger partial charge on any atom is -0.464 e. The quantitative estimate of drug-likeness (QED) is 0.318. The van der Waals surface area contributed by atoms with Crippen LogP contribution >= 0.6 is 12.6 Å². The van der Waals surface area contributed by atoms with E-state index in [4.69, 9.17) is 4.74 Å². The summed E-state index contributed by atoms with van der Waals surface area (Å²) >= 11 is 3.96. The first kappa shape index (κ1) is 17.0. The molecule has 10 heteroatoms. The predicted octanol–water partition coefficient (Wildman–Crippen LogP) is 0.0774. The molecule has 1 aromatic heterocycles. The minimum absolute atomic E-state index is 0.0603. The largest absolute Gasteiger partial charge is 0.464 e. The second-order valence-corrected chi connectivity index (χ2v) is 4.48. The molecule has 1 N–H and O–H groups in total. The van der Waals surface area contributed by atoms with E-state index in [-0.39, 0.29) is 24.7 Å². The van der Waals surface area contributed by atoms with Crippen LogP contribution in [0.25, 0.3) is 0 Å². The fourth-order valence-electron chi connectivity index (χ4n) is 1.59. The molecule has 1 rings (SSSR count). The molecular formula is C11H16N4O5S. The van der Waals surface area contributed by atoms with E-state index in [1.165, 1.54) is 6.07 Å². The molecule has 1 aromatic rings. The van der Waals surface area contributed by atoms with Gasteiger partial charge in [0.15, 0.2) is 6.54 Å². The number of thiol groups is 1. The van der Waals surface area contributed by atoms with Gasteiger partial charge in [0.2, 0.25) is 0 Å². The zero-order valence-electron chi connectivity index (χ0n) is 11.6. The highest BCUT2D eigenvalue weighted by Crippen LogP contribution is 2.12. The van der Waals surface area contributed by atoms with E-state index < -0.39 is 22.8 Å². The number of ether oxygens (including phenoxy) is 1. The summed E-state index contributed by atoms with van der Waals surface area (Å²) in [6.07, 6.45) is 0. The van der Waals surface area contributed by atoms with Crippen LogP contribution in [-0.4, -0.2) is 45.0 Å². The van der Waals surface area contributed by atoms with Crippen molar-refractivity contribution in [3.05, 3.63) is 21.9 Å². The molecular weight excluding hydrogens is 300 g/mol. The number of carbonyl (C=O) groups excluding carboxylic acids is 2. The highest BCUT2D eigenvalue weighted by molar-refractivity contribution is 7.80. The second-order valence-electron chi connectivity index (χ2n) is 4.11. The molecule has 1 amide bonds. The number of nitrogens with zero attached hydrogens (tertiary/aromatic N) is 3. The number of hydrogen-bond acceptors (Lipinski definition) is 7. The van der Waals surface area contributed by atoms with Crippen molar-refractivity contribution in [1.82, 2.24) is 15.1 Å². The Balaban J connectivity index is 2.73. The summed E-state index contributed by atoms with van der Waals surface area (Å²) in [5.74, 6) is -1.42. The number of carbonyl (C=O) groups is 2. The van der Waals surface area contributed by atoms with Crippen LogP contribution in [0.2, 0.25) is 0 Å². The highest BCUT2D eigenvalue weighted by Gasteiger charge is 2.24. The summed E-state index contributed by atoms with van der Waals surface area (Å²) in [4.78, 5) is 33.5. The Bertz CT molecular complexity index is 545. The SMILES string of the molecule is CCOC(=O)[C@H](CS)NC(=O)Cn1nc(C)cc1[N+](=O)[O-]. The van der Waals surface area contributed by atoms with Crippen molar-refractivity contribution < 1.29 is 19.2 Å². The maximum absolute atomic E-state index is 11.8. The lowest BCUT2D eigenvalue weighted by molar-refractivity contribution is -0.392. The average molecular weight is 316 g/mol. The maximum atomic E-state index is 11.8. The molecule has 0 bridgehead atoms. The van der Waals surface area contributed by atoms with E-state index >= 15 is 0 Å². The molecule has 0 saturated heterocycles. The van der Waals surface area contributed by atoms with E-state index in [0.29, 0.717) is 5.69 Å². The van der Waals surface area contributed by atoms with E-state index in [1.54, 1.807) is 13.8 Å². The fourth-order valence-corrected chi connectivity index (χ4v) is 1.83. The van der Waals surface area contributed by atoms with Crippen molar-refractivity contribution in [3.63, 3.8) is 0 Å². The molecule has 0 aliphatic heterocycles. The third-order valence-electron chi connectivity index (χ3n) is 2.45. The lowest BCUT2D eigenvalue weighted by atomic mass is 10.3. The Morgan fingerprint density at radius 1 is 1.62 bits per heavy atom. The van der Waals surface area contributed by atoms with E-state index in [0.717, 1.165) is 4.68 Å². The summed E-state index contributed by atoms with van der Waals surface area (Å²) in [7, 11) is 0. The maximum Gasteiger partial charge on any atom is 0.345 e. The van der Waals surface area contributed by atoms with Crippen LogP contribution in [0.3, 0.4) is 0 Å². The lowest BCUT2D eigenvalue weighted by Gasteiger charge is -2.14. The van der Waals surface area contributed by atoms with Gasteiger partial charge in [-0.1, -0.05) is 5.10 Å². The monoisotopic (exact) mass is 316 g/mol. The number of aromatic nitrogens is 2. The fraction of sp³-hybridized carbons (Fsp3) is 0.545. The first-order chi connectivity index (χ1) is 9.88. The molecule has 0 aromatic carbocycles. The Labute approximate surface area is 126 Å². The molecule has 0 unspecified atom stereocenters. The zero-order chi connectivity index (χ0) is 16.0. The van der Waals surface area contributed by atoms with Crippen LogP contribution < -0.4 is 5.32 Å². The number of hydrogen-bond donors (Lipinski definition) is 2. The normalized spacial score (nSPS) is 11.8. The molecule has 1 atom stereocenters. The molecule has 0 radical (unpaired) electrons. The topological polar surface area (TPSA) is 116 Å². The van der Waals surface area contributed by atoms with Crippen LogP contribution in [0.1, 0.15) is 12.6 Å². The summed E-state index contributed by atoms with van der Waals surface area (Å²) < 4.78 is 5.74. The van der Waals surface area contributed by atoms with Gasteiger partial charge in [0.1, 0.15) is 6.04 Å². The highest BCUT2D eigenvalue weighted by atomic mass is 32.1. The second kappa shape index (κ2) is 7.62. The van der Waals surface area contributed by atoms with Crippen molar-refractivity contribution >= 4 is 30.3 Å². The van der Waals surface area contributed by atoms with E-state index in [9.17, 15) is 19.7 Å². The van der Waals surface area contributed by atoms with Gasteiger partial charge in [0.25, 0.3) is 5.91 Å². The Hall–Kier alpha value is -2.10. The zero-order valence-corrected chi connectivity index (χ0v) is 12.5. The smallest absolute Gasteiger partial charge is 0.345 e. The molecule has 0 aliphatic carbocycles. The van der Waals surface area contributed by atoms with Crippen molar-refractivity contribution in [2.45, 2.75) is 26.4 Å². The summed E-state index contributed by atoms with van der Waals surface area (Å²) in [5, 5.41) is 17.1. The van der Waals surface area contributed by atoms with Gasteiger partial charge in [-0.3, -0.25) is 4.79 Å². The van der Waals surface area contributed by atoms with Gasteiger partial charge in [-0.2, -0.15) is 12.6 Å².